The Labute approximate surface area is 87.2 Å². The van der Waals surface area contributed by atoms with E-state index in [1.807, 2.05) is 33.9 Å². The van der Waals surface area contributed by atoms with E-state index in [0.717, 1.165) is 0 Å². The van der Waals surface area contributed by atoms with Gasteiger partial charge in [0, 0.05) is 11.7 Å². The minimum absolute atomic E-state index is 1.21. The number of nitrogens with one attached hydrogen (secondary N) is 1. The maximum absolute atomic E-state index is 3.15. The van der Waals surface area contributed by atoms with E-state index in [1.54, 1.807) is 0 Å². The van der Waals surface area contributed by atoms with Gasteiger partial charge in [0.1, 0.15) is 0 Å². The van der Waals surface area contributed by atoms with E-state index in [0.29, 0.717) is 0 Å². The lowest BCUT2D eigenvalue weighted by Gasteiger charge is -1.90. The maximum Gasteiger partial charge on any atom is 0.0454 e. The normalized spacial score (nSPS) is 8.36. The van der Waals surface area contributed by atoms with Gasteiger partial charge in [0.25, 0.3) is 0 Å². The van der Waals surface area contributed by atoms with Crippen LogP contribution in [0.3, 0.4) is 0 Å². The average molecular weight is 191 g/mol. The molecule has 0 atom stereocenters. The fourth-order valence-electron chi connectivity index (χ4n) is 1.17. The van der Waals surface area contributed by atoms with Gasteiger partial charge >= 0.3 is 0 Å². The number of aromatic nitrogens is 1. The van der Waals surface area contributed by atoms with Gasteiger partial charge in [0.2, 0.25) is 0 Å². The fourth-order valence-corrected chi connectivity index (χ4v) is 1.17. The van der Waals surface area contributed by atoms with Crippen molar-refractivity contribution >= 4 is 10.9 Å². The molecule has 0 aliphatic rings. The molecule has 14 heavy (non-hydrogen) atoms. The minimum atomic E-state index is 1.21. The Morgan fingerprint density at radius 3 is 2.21 bits per heavy atom. The minimum Gasteiger partial charge on any atom is -0.361 e. The number of hydrogen-bond donors (Lipinski definition) is 1. The molecule has 2 rings (SSSR count). The summed E-state index contributed by atoms with van der Waals surface area (Å²) in [5, 5.41) is 1.29. The lowest BCUT2D eigenvalue weighted by atomic mass is 10.2. The number of fused-ring (bicyclic) bond motifs is 1. The Morgan fingerprint density at radius 1 is 0.929 bits per heavy atom. The van der Waals surface area contributed by atoms with Gasteiger partial charge in [-0.1, -0.05) is 39.3 Å². The second-order valence-corrected chi connectivity index (χ2v) is 2.57. The fraction of sp³-hybridized carbons (Fsp3) is 0.385. The predicted octanol–water partition coefficient (Wildman–Crippen LogP) is 4.53. The molecule has 0 fully saturated rings. The van der Waals surface area contributed by atoms with Crippen LogP contribution in [-0.4, -0.2) is 4.98 Å². The van der Waals surface area contributed by atoms with Crippen LogP contribution in [0.5, 0.6) is 0 Å². The molecule has 1 heteroatoms. The zero-order valence-corrected chi connectivity index (χ0v) is 9.89. The highest BCUT2D eigenvalue weighted by Gasteiger charge is 1.90. The molecule has 0 aliphatic heterocycles. The van der Waals surface area contributed by atoms with Crippen molar-refractivity contribution in [2.24, 2.45) is 0 Å². The molecular weight excluding hydrogens is 170 g/mol. The van der Waals surface area contributed by atoms with E-state index in [9.17, 15) is 0 Å². The van der Waals surface area contributed by atoms with Gasteiger partial charge in [-0.2, -0.15) is 0 Å². The van der Waals surface area contributed by atoms with Crippen LogP contribution >= 0.6 is 0 Å². The van der Waals surface area contributed by atoms with E-state index in [2.05, 4.69) is 36.2 Å². The number of hydrogen-bond acceptors (Lipinski definition) is 0. The zero-order chi connectivity index (χ0) is 11.0. The molecular formula is C13H21N. The highest BCUT2D eigenvalue weighted by molar-refractivity contribution is 5.79. The monoisotopic (exact) mass is 191 g/mol. The van der Waals surface area contributed by atoms with Crippen LogP contribution in [0.2, 0.25) is 0 Å². The van der Waals surface area contributed by atoms with Gasteiger partial charge in [-0.15, -0.1) is 0 Å². The molecule has 0 spiro atoms. The van der Waals surface area contributed by atoms with E-state index in [4.69, 9.17) is 0 Å². The topological polar surface area (TPSA) is 15.8 Å². The summed E-state index contributed by atoms with van der Waals surface area (Å²) in [6, 6.07) is 8.47. The Balaban J connectivity index is 0.000000379. The molecule has 1 aromatic heterocycles. The third-order valence-electron chi connectivity index (χ3n) is 1.71. The van der Waals surface area contributed by atoms with Crippen molar-refractivity contribution in [1.82, 2.24) is 4.98 Å². The number of rotatable bonds is 0. The first-order valence-electron chi connectivity index (χ1n) is 5.40. The summed E-state index contributed by atoms with van der Waals surface area (Å²) >= 11 is 0. The summed E-state index contributed by atoms with van der Waals surface area (Å²) in [6.45, 7) is 10.1. The summed E-state index contributed by atoms with van der Waals surface area (Å²) in [5.41, 5.74) is 2.53. The molecule has 0 saturated heterocycles. The molecule has 1 heterocycles. The lowest BCUT2D eigenvalue weighted by Crippen LogP contribution is -1.69. The van der Waals surface area contributed by atoms with Gasteiger partial charge in [0.05, 0.1) is 0 Å². The third-order valence-corrected chi connectivity index (χ3v) is 1.71. The van der Waals surface area contributed by atoms with Gasteiger partial charge in [0.15, 0.2) is 0 Å². The quantitative estimate of drug-likeness (QED) is 0.629. The van der Waals surface area contributed by atoms with Crippen molar-refractivity contribution in [1.29, 1.82) is 0 Å². The van der Waals surface area contributed by atoms with Gasteiger partial charge in [-0.25, -0.2) is 0 Å². The molecule has 78 valence electrons. The predicted molar refractivity (Wildman–Crippen MR) is 65.7 cm³/mol. The second kappa shape index (κ2) is 7.19. The molecule has 1 N–H and O–H groups in total. The summed E-state index contributed by atoms with van der Waals surface area (Å²) in [4.78, 5) is 3.15. The zero-order valence-electron chi connectivity index (χ0n) is 9.89. The van der Waals surface area contributed by atoms with Crippen LogP contribution < -0.4 is 0 Å². The number of aryl methyl sites for hydroxylation is 1. The lowest BCUT2D eigenvalue weighted by molar-refractivity contribution is 1.46. The van der Waals surface area contributed by atoms with Crippen molar-refractivity contribution in [2.45, 2.75) is 34.6 Å². The van der Waals surface area contributed by atoms with E-state index in [1.165, 1.54) is 16.5 Å². The molecule has 0 amide bonds. The molecule has 0 unspecified atom stereocenters. The second-order valence-electron chi connectivity index (χ2n) is 2.57. The van der Waals surface area contributed by atoms with Crippen LogP contribution in [0.1, 0.15) is 33.3 Å². The molecule has 0 bridgehead atoms. The van der Waals surface area contributed by atoms with Gasteiger partial charge in [-0.3, -0.25) is 0 Å². The van der Waals surface area contributed by atoms with E-state index in [-0.39, 0.29) is 0 Å². The largest absolute Gasteiger partial charge is 0.361 e. The van der Waals surface area contributed by atoms with Crippen LogP contribution in [0.25, 0.3) is 10.9 Å². The summed E-state index contributed by atoms with van der Waals surface area (Å²) in [7, 11) is 0. The van der Waals surface area contributed by atoms with Crippen LogP contribution in [0.4, 0.5) is 0 Å². The smallest absolute Gasteiger partial charge is 0.0454 e. The van der Waals surface area contributed by atoms with Crippen LogP contribution in [-0.2, 0) is 0 Å². The number of benzene rings is 1. The van der Waals surface area contributed by atoms with Crippen molar-refractivity contribution in [3.05, 3.63) is 36.0 Å². The molecule has 1 nitrogen and oxygen atoms in total. The Hall–Kier alpha value is -1.24. The summed E-state index contributed by atoms with van der Waals surface area (Å²) < 4.78 is 0. The van der Waals surface area contributed by atoms with Crippen molar-refractivity contribution in [2.75, 3.05) is 0 Å². The first-order valence-corrected chi connectivity index (χ1v) is 5.40. The van der Waals surface area contributed by atoms with Crippen LogP contribution in [0, 0.1) is 6.92 Å². The van der Waals surface area contributed by atoms with Crippen LogP contribution in [0.15, 0.2) is 30.5 Å². The number of aromatic amines is 1. The van der Waals surface area contributed by atoms with Gasteiger partial charge in [-0.05, 0) is 30.5 Å². The highest BCUT2D eigenvalue weighted by atomic mass is 14.7. The van der Waals surface area contributed by atoms with Gasteiger partial charge < -0.3 is 4.98 Å². The maximum atomic E-state index is 3.15. The summed E-state index contributed by atoms with van der Waals surface area (Å²) in [6.07, 6.45) is 1.96. The Morgan fingerprint density at radius 2 is 1.57 bits per heavy atom. The van der Waals surface area contributed by atoms with Crippen molar-refractivity contribution in [3.8, 4) is 0 Å². The van der Waals surface area contributed by atoms with Crippen molar-refractivity contribution < 1.29 is 0 Å². The molecule has 1 aromatic carbocycles. The standard InChI is InChI=1S/C9H9N.2C2H6/c1-7-2-3-9-8(6-7)4-5-10-9;2*1-2/h2-6,10H,1H3;2*1-2H3. The molecule has 0 saturated carbocycles. The number of H-pyrrole nitrogens is 1. The Kier molecular flexibility index (Phi) is 6.55. The first-order chi connectivity index (χ1) is 6.86. The SMILES string of the molecule is CC.CC.Cc1ccc2[nH]ccc2c1. The third kappa shape index (κ3) is 3.25. The first kappa shape index (κ1) is 12.8. The summed E-state index contributed by atoms with van der Waals surface area (Å²) in [5.74, 6) is 0. The average Bonchev–Trinajstić information content (AvgIpc) is 2.71. The van der Waals surface area contributed by atoms with Crippen molar-refractivity contribution in [3.63, 3.8) is 0 Å². The Bertz CT molecular complexity index is 347. The van der Waals surface area contributed by atoms with E-state index >= 15 is 0 Å². The molecule has 2 aromatic rings. The van der Waals surface area contributed by atoms with E-state index < -0.39 is 0 Å². The molecule has 0 radical (unpaired) electrons. The molecule has 0 aliphatic carbocycles. The highest BCUT2D eigenvalue weighted by Crippen LogP contribution is 2.12.